The smallest absolute Gasteiger partial charge is 0.263 e. The maximum absolute atomic E-state index is 11.9. The molecule has 1 aliphatic heterocycles. The van der Waals surface area contributed by atoms with Gasteiger partial charge in [0.1, 0.15) is 4.21 Å². The van der Waals surface area contributed by atoms with Gasteiger partial charge in [-0.1, -0.05) is 0 Å². The number of sulfonamides is 1. The van der Waals surface area contributed by atoms with Crippen LogP contribution in [-0.2, 0) is 14.8 Å². The number of anilines is 1. The summed E-state index contributed by atoms with van der Waals surface area (Å²) in [5.41, 5.74) is 5.96. The molecule has 2 heterocycles. The van der Waals surface area contributed by atoms with Gasteiger partial charge in [0.05, 0.1) is 13.2 Å². The molecule has 1 fully saturated rings. The number of ether oxygens (including phenoxy) is 1. The number of nitrogens with one attached hydrogen (secondary N) is 1. The second-order valence-corrected chi connectivity index (χ2v) is 6.19. The van der Waals surface area contributed by atoms with E-state index in [0.717, 1.165) is 11.3 Å². The van der Waals surface area contributed by atoms with Crippen molar-refractivity contribution in [2.75, 3.05) is 32.0 Å². The molecule has 1 aromatic rings. The van der Waals surface area contributed by atoms with Crippen molar-refractivity contribution in [3.8, 4) is 0 Å². The molecule has 0 radical (unpaired) electrons. The fourth-order valence-electron chi connectivity index (χ4n) is 1.34. The first-order valence-corrected chi connectivity index (χ1v) is 7.13. The quantitative estimate of drug-likeness (QED) is 0.792. The third-order valence-electron chi connectivity index (χ3n) is 2.12. The molecule has 2 rings (SSSR count). The molecule has 0 spiro atoms. The van der Waals surface area contributed by atoms with Gasteiger partial charge >= 0.3 is 0 Å². The molecule has 0 atom stereocenters. The number of rotatable bonds is 3. The van der Waals surface area contributed by atoms with E-state index in [0.29, 0.717) is 32.0 Å². The summed E-state index contributed by atoms with van der Waals surface area (Å²) in [4.78, 5) is 2.51. The van der Waals surface area contributed by atoms with Gasteiger partial charge in [0.15, 0.2) is 0 Å². The van der Waals surface area contributed by atoms with E-state index in [1.807, 2.05) is 0 Å². The van der Waals surface area contributed by atoms with Crippen molar-refractivity contribution < 1.29 is 13.2 Å². The van der Waals surface area contributed by atoms with Crippen LogP contribution in [0.4, 0.5) is 5.69 Å². The molecule has 1 saturated heterocycles. The summed E-state index contributed by atoms with van der Waals surface area (Å²) in [6, 6.07) is 1.45. The van der Waals surface area contributed by atoms with Crippen molar-refractivity contribution in [1.29, 1.82) is 0 Å². The van der Waals surface area contributed by atoms with Gasteiger partial charge in [0, 0.05) is 24.2 Å². The molecule has 1 aliphatic rings. The zero-order valence-electron chi connectivity index (χ0n) is 8.55. The fourth-order valence-corrected chi connectivity index (χ4v) is 3.53. The number of nitrogen functional groups attached to an aromatic ring is 1. The van der Waals surface area contributed by atoms with Gasteiger partial charge in [0.25, 0.3) is 10.0 Å². The minimum absolute atomic E-state index is 0.233. The molecule has 3 N–H and O–H groups in total. The van der Waals surface area contributed by atoms with Gasteiger partial charge in [-0.2, -0.15) is 0 Å². The number of nitrogens with two attached hydrogens (primary N) is 1. The Hall–Kier alpha value is -0.670. The largest absolute Gasteiger partial charge is 0.398 e. The number of hydrazine groups is 1. The Kier molecular flexibility index (Phi) is 3.45. The highest BCUT2D eigenvalue weighted by Gasteiger charge is 2.21. The summed E-state index contributed by atoms with van der Waals surface area (Å²) in [5.74, 6) is 0. The van der Waals surface area contributed by atoms with Crippen molar-refractivity contribution in [3.05, 3.63) is 11.4 Å². The molecule has 0 aliphatic carbocycles. The van der Waals surface area contributed by atoms with Crippen LogP contribution in [0.1, 0.15) is 0 Å². The highest BCUT2D eigenvalue weighted by atomic mass is 32.2. The molecular formula is C8H13N3O3S2. The van der Waals surface area contributed by atoms with Crippen LogP contribution in [0, 0.1) is 0 Å². The predicted octanol–water partition coefficient (Wildman–Crippen LogP) is -0.144. The number of hydrogen-bond donors (Lipinski definition) is 2. The first-order valence-electron chi connectivity index (χ1n) is 4.77. The average molecular weight is 263 g/mol. The zero-order valence-corrected chi connectivity index (χ0v) is 10.2. The van der Waals surface area contributed by atoms with E-state index in [4.69, 9.17) is 10.5 Å². The van der Waals surface area contributed by atoms with Gasteiger partial charge in [0.2, 0.25) is 0 Å². The van der Waals surface area contributed by atoms with E-state index in [-0.39, 0.29) is 4.21 Å². The van der Waals surface area contributed by atoms with Crippen LogP contribution in [0.25, 0.3) is 0 Å². The van der Waals surface area contributed by atoms with Crippen LogP contribution in [0.15, 0.2) is 15.7 Å². The molecular weight excluding hydrogens is 250 g/mol. The molecule has 0 aromatic carbocycles. The lowest BCUT2D eigenvalue weighted by Crippen LogP contribution is -2.48. The Bertz CT molecular complexity index is 451. The Balaban J connectivity index is 2.07. The number of morpholine rings is 1. The first-order chi connectivity index (χ1) is 7.58. The lowest BCUT2D eigenvalue weighted by molar-refractivity contribution is 0.0272. The number of thiophene rings is 1. The van der Waals surface area contributed by atoms with E-state index in [1.165, 1.54) is 6.07 Å². The molecule has 90 valence electrons. The fraction of sp³-hybridized carbons (Fsp3) is 0.500. The highest BCUT2D eigenvalue weighted by molar-refractivity contribution is 7.91. The van der Waals surface area contributed by atoms with Gasteiger partial charge in [-0.3, -0.25) is 0 Å². The van der Waals surface area contributed by atoms with Gasteiger partial charge in [-0.05, 0) is 6.07 Å². The van der Waals surface area contributed by atoms with E-state index >= 15 is 0 Å². The van der Waals surface area contributed by atoms with E-state index < -0.39 is 10.0 Å². The molecule has 16 heavy (non-hydrogen) atoms. The summed E-state index contributed by atoms with van der Waals surface area (Å²) in [6.07, 6.45) is 0. The maximum Gasteiger partial charge on any atom is 0.263 e. The highest BCUT2D eigenvalue weighted by Crippen LogP contribution is 2.21. The molecule has 6 nitrogen and oxygen atoms in total. The van der Waals surface area contributed by atoms with Gasteiger partial charge in [-0.15, -0.1) is 16.2 Å². The Morgan fingerprint density at radius 1 is 1.44 bits per heavy atom. The monoisotopic (exact) mass is 263 g/mol. The van der Waals surface area contributed by atoms with Crippen LogP contribution in [0.2, 0.25) is 0 Å². The molecule has 0 bridgehead atoms. The Morgan fingerprint density at radius 3 is 2.69 bits per heavy atom. The van der Waals surface area contributed by atoms with Crippen LogP contribution >= 0.6 is 11.3 Å². The van der Waals surface area contributed by atoms with Crippen LogP contribution in [0.3, 0.4) is 0 Å². The second-order valence-electron chi connectivity index (χ2n) is 3.39. The first kappa shape index (κ1) is 11.8. The Morgan fingerprint density at radius 2 is 2.12 bits per heavy atom. The molecule has 1 aromatic heterocycles. The molecule has 8 heteroatoms. The summed E-state index contributed by atoms with van der Waals surface area (Å²) < 4.78 is 29.1. The van der Waals surface area contributed by atoms with Crippen molar-refractivity contribution in [3.63, 3.8) is 0 Å². The molecule has 0 saturated carbocycles. The van der Waals surface area contributed by atoms with Crippen LogP contribution in [-0.4, -0.2) is 39.7 Å². The van der Waals surface area contributed by atoms with Crippen LogP contribution < -0.4 is 10.6 Å². The third kappa shape index (κ3) is 2.71. The maximum atomic E-state index is 11.9. The van der Waals surface area contributed by atoms with Gasteiger partial charge in [-0.25, -0.2) is 13.4 Å². The normalized spacial score (nSPS) is 18.8. The second kappa shape index (κ2) is 4.68. The number of nitrogens with zero attached hydrogens (tertiary/aromatic N) is 1. The number of hydrogen-bond acceptors (Lipinski definition) is 6. The van der Waals surface area contributed by atoms with E-state index in [9.17, 15) is 8.42 Å². The van der Waals surface area contributed by atoms with Crippen LogP contribution in [0.5, 0.6) is 0 Å². The van der Waals surface area contributed by atoms with Crippen molar-refractivity contribution >= 4 is 27.0 Å². The lowest BCUT2D eigenvalue weighted by atomic mass is 10.5. The standard InChI is InChI=1S/C8H13N3O3S2/c9-7-5-8(15-6-7)16(12,13)10-11-1-3-14-4-2-11/h5-6,10H,1-4,9H2. The minimum atomic E-state index is -3.48. The van der Waals surface area contributed by atoms with E-state index in [1.54, 1.807) is 10.4 Å². The predicted molar refractivity (Wildman–Crippen MR) is 61.4 cm³/mol. The van der Waals surface area contributed by atoms with E-state index in [2.05, 4.69) is 4.83 Å². The molecule has 0 unspecified atom stereocenters. The van der Waals surface area contributed by atoms with Crippen molar-refractivity contribution in [2.45, 2.75) is 4.21 Å². The van der Waals surface area contributed by atoms with Crippen molar-refractivity contribution in [1.82, 2.24) is 9.84 Å². The zero-order chi connectivity index (χ0) is 11.6. The Labute approximate surface area is 98.0 Å². The third-order valence-corrected chi connectivity index (χ3v) is 4.95. The summed E-state index contributed by atoms with van der Waals surface area (Å²) in [7, 11) is -3.48. The summed E-state index contributed by atoms with van der Waals surface area (Å²) in [5, 5.41) is 3.24. The average Bonchev–Trinajstić information content (AvgIpc) is 2.66. The molecule has 0 amide bonds. The topological polar surface area (TPSA) is 84.7 Å². The minimum Gasteiger partial charge on any atom is -0.398 e. The van der Waals surface area contributed by atoms with Crippen molar-refractivity contribution in [2.24, 2.45) is 0 Å². The summed E-state index contributed by atoms with van der Waals surface area (Å²) in [6.45, 7) is 2.18. The summed E-state index contributed by atoms with van der Waals surface area (Å²) >= 11 is 1.11. The SMILES string of the molecule is Nc1csc(S(=O)(=O)NN2CCOCC2)c1. The van der Waals surface area contributed by atoms with Gasteiger partial charge < -0.3 is 10.5 Å². The lowest BCUT2D eigenvalue weighted by Gasteiger charge is -2.26.